The van der Waals surface area contributed by atoms with Crippen LogP contribution in [0.3, 0.4) is 0 Å². The van der Waals surface area contributed by atoms with Gasteiger partial charge in [-0.3, -0.25) is 0 Å². The molecule has 1 saturated heterocycles. The van der Waals surface area contributed by atoms with E-state index in [4.69, 9.17) is 4.74 Å². The first-order chi connectivity index (χ1) is 14.5. The molecule has 4 nitrogen and oxygen atoms in total. The molecule has 1 aliphatic heterocycles. The van der Waals surface area contributed by atoms with Crippen LogP contribution in [0.25, 0.3) is 0 Å². The van der Waals surface area contributed by atoms with E-state index in [0.29, 0.717) is 13.0 Å². The average molecular weight is 404 g/mol. The van der Waals surface area contributed by atoms with Crippen molar-refractivity contribution in [2.45, 2.75) is 50.2 Å². The molecule has 0 bridgehead atoms. The standard InChI is InChI=1S/C26H29NO3/c1-19-9-8-10-20(17-19)14-16-26(29)15-7-6-13-23-24(26)22(18-27(23)25(28)30-2)21-11-4-3-5-12-21/h3-5,8-12,17,22-24,29H,6-7,13,15,18H2,1-2H3/t22-,23+,24-,26+/m0/s1. The highest BCUT2D eigenvalue weighted by Gasteiger charge is 2.54. The first kappa shape index (κ1) is 20.5. The lowest BCUT2D eigenvalue weighted by Crippen LogP contribution is -2.46. The summed E-state index contributed by atoms with van der Waals surface area (Å²) in [6.45, 7) is 2.58. The Morgan fingerprint density at radius 2 is 1.97 bits per heavy atom. The Morgan fingerprint density at radius 3 is 2.70 bits per heavy atom. The number of aliphatic hydroxyl groups is 1. The van der Waals surface area contributed by atoms with E-state index in [1.54, 1.807) is 0 Å². The number of benzene rings is 2. The lowest BCUT2D eigenvalue weighted by molar-refractivity contribution is 0.0141. The number of carbonyl (C=O) groups excluding carboxylic acids is 1. The van der Waals surface area contributed by atoms with Crippen molar-refractivity contribution in [3.05, 3.63) is 71.3 Å². The van der Waals surface area contributed by atoms with Crippen LogP contribution < -0.4 is 0 Å². The second kappa shape index (κ2) is 8.53. The lowest BCUT2D eigenvalue weighted by Gasteiger charge is -2.35. The Labute approximate surface area is 178 Å². The third-order valence-corrected chi connectivity index (χ3v) is 6.58. The molecule has 30 heavy (non-hydrogen) atoms. The van der Waals surface area contributed by atoms with E-state index in [-0.39, 0.29) is 24.0 Å². The van der Waals surface area contributed by atoms with Crippen molar-refractivity contribution in [3.8, 4) is 11.8 Å². The summed E-state index contributed by atoms with van der Waals surface area (Å²) in [7, 11) is 1.42. The molecule has 0 spiro atoms. The number of amides is 1. The van der Waals surface area contributed by atoms with Crippen molar-refractivity contribution in [3.63, 3.8) is 0 Å². The highest BCUT2D eigenvalue weighted by Crippen LogP contribution is 2.48. The minimum absolute atomic E-state index is 0.0187. The third kappa shape index (κ3) is 3.95. The van der Waals surface area contributed by atoms with Gasteiger partial charge in [-0.05, 0) is 49.4 Å². The van der Waals surface area contributed by atoms with E-state index in [0.717, 1.165) is 36.0 Å². The fraction of sp³-hybridized carbons (Fsp3) is 0.423. The molecule has 2 aliphatic rings. The molecule has 156 valence electrons. The highest BCUT2D eigenvalue weighted by molar-refractivity contribution is 5.69. The van der Waals surface area contributed by atoms with Crippen LogP contribution in [0.2, 0.25) is 0 Å². The third-order valence-electron chi connectivity index (χ3n) is 6.58. The predicted octanol–water partition coefficient (Wildman–Crippen LogP) is 4.50. The lowest BCUT2D eigenvalue weighted by atomic mass is 9.73. The minimum atomic E-state index is -1.16. The SMILES string of the molecule is COC(=O)N1C[C@@H](c2ccccc2)[C@H]2[C@H]1CCCC[C@@]2(O)C#Cc1cccc(C)c1. The maximum Gasteiger partial charge on any atom is 0.409 e. The zero-order valence-electron chi connectivity index (χ0n) is 17.7. The topological polar surface area (TPSA) is 49.8 Å². The number of ether oxygens (including phenoxy) is 1. The van der Waals surface area contributed by atoms with Gasteiger partial charge in [0.05, 0.1) is 7.11 Å². The summed E-state index contributed by atoms with van der Waals surface area (Å²) >= 11 is 0. The van der Waals surface area contributed by atoms with E-state index in [9.17, 15) is 9.90 Å². The van der Waals surface area contributed by atoms with Gasteiger partial charge in [0.2, 0.25) is 0 Å². The fourth-order valence-electron chi connectivity index (χ4n) is 5.21. The molecular formula is C26H29NO3. The molecule has 1 saturated carbocycles. The van der Waals surface area contributed by atoms with E-state index in [1.807, 2.05) is 54.3 Å². The summed E-state index contributed by atoms with van der Waals surface area (Å²) in [5.41, 5.74) is 2.03. The van der Waals surface area contributed by atoms with E-state index >= 15 is 0 Å². The van der Waals surface area contributed by atoms with Crippen LogP contribution >= 0.6 is 0 Å². The summed E-state index contributed by atoms with van der Waals surface area (Å²) < 4.78 is 5.09. The Balaban J connectivity index is 1.77. The van der Waals surface area contributed by atoms with Gasteiger partial charge in [-0.15, -0.1) is 0 Å². The van der Waals surface area contributed by atoms with Crippen molar-refractivity contribution in [2.75, 3.05) is 13.7 Å². The van der Waals surface area contributed by atoms with Crippen molar-refractivity contribution < 1.29 is 14.6 Å². The molecule has 4 heteroatoms. The second-order valence-electron chi connectivity index (χ2n) is 8.52. The number of fused-ring (bicyclic) bond motifs is 1. The van der Waals surface area contributed by atoms with Crippen LogP contribution in [0, 0.1) is 24.7 Å². The normalized spacial score (nSPS) is 28.1. The van der Waals surface area contributed by atoms with Gasteiger partial charge in [0.15, 0.2) is 0 Å². The number of rotatable bonds is 1. The van der Waals surface area contributed by atoms with E-state index in [1.165, 1.54) is 7.11 Å². The zero-order valence-corrected chi connectivity index (χ0v) is 17.7. The van der Waals surface area contributed by atoms with Crippen molar-refractivity contribution in [2.24, 2.45) is 5.92 Å². The summed E-state index contributed by atoms with van der Waals surface area (Å²) in [6, 6.07) is 18.1. The molecule has 1 aliphatic carbocycles. The number of nitrogens with zero attached hydrogens (tertiary/aromatic N) is 1. The zero-order chi connectivity index (χ0) is 21.1. The second-order valence-corrected chi connectivity index (χ2v) is 8.52. The van der Waals surface area contributed by atoms with Crippen LogP contribution in [-0.2, 0) is 4.74 Å². The summed E-state index contributed by atoms with van der Waals surface area (Å²) in [4.78, 5) is 14.4. The number of carbonyl (C=O) groups is 1. The van der Waals surface area contributed by atoms with Crippen molar-refractivity contribution in [1.29, 1.82) is 0 Å². The molecule has 0 radical (unpaired) electrons. The summed E-state index contributed by atoms with van der Waals surface area (Å²) in [5, 5.41) is 11.9. The minimum Gasteiger partial charge on any atom is -0.453 e. The molecule has 4 rings (SSSR count). The average Bonchev–Trinajstić information content (AvgIpc) is 3.07. The molecule has 1 amide bonds. The first-order valence-electron chi connectivity index (χ1n) is 10.7. The summed E-state index contributed by atoms with van der Waals surface area (Å²) in [5.74, 6) is 6.35. The van der Waals surface area contributed by atoms with Crippen LogP contribution in [0.5, 0.6) is 0 Å². The number of methoxy groups -OCH3 is 1. The molecule has 1 heterocycles. The fourth-order valence-corrected chi connectivity index (χ4v) is 5.21. The maximum absolute atomic E-state index is 12.6. The van der Waals surface area contributed by atoms with Crippen LogP contribution in [0.1, 0.15) is 48.3 Å². The molecule has 4 atom stereocenters. The molecule has 2 fully saturated rings. The monoisotopic (exact) mass is 403 g/mol. The van der Waals surface area contributed by atoms with Crippen LogP contribution in [0.15, 0.2) is 54.6 Å². The van der Waals surface area contributed by atoms with Gasteiger partial charge < -0.3 is 14.7 Å². The van der Waals surface area contributed by atoms with Crippen LogP contribution in [-0.4, -0.2) is 41.4 Å². The highest BCUT2D eigenvalue weighted by atomic mass is 16.5. The van der Waals surface area contributed by atoms with Gasteiger partial charge in [-0.25, -0.2) is 4.79 Å². The number of aryl methyl sites for hydroxylation is 1. The Kier molecular flexibility index (Phi) is 5.83. The van der Waals surface area contributed by atoms with Gasteiger partial charge in [0.1, 0.15) is 5.60 Å². The number of likely N-dealkylation sites (tertiary alicyclic amines) is 1. The first-order valence-corrected chi connectivity index (χ1v) is 10.7. The van der Waals surface area contributed by atoms with Crippen molar-refractivity contribution in [1.82, 2.24) is 4.90 Å². The van der Waals surface area contributed by atoms with Gasteiger partial charge in [-0.1, -0.05) is 60.7 Å². The molecule has 0 aromatic heterocycles. The maximum atomic E-state index is 12.6. The smallest absolute Gasteiger partial charge is 0.409 e. The molecule has 2 aromatic rings. The molecule has 0 unspecified atom stereocenters. The van der Waals surface area contributed by atoms with Gasteiger partial charge in [0.25, 0.3) is 0 Å². The van der Waals surface area contributed by atoms with Gasteiger partial charge in [-0.2, -0.15) is 0 Å². The van der Waals surface area contributed by atoms with Crippen molar-refractivity contribution >= 4 is 6.09 Å². The Morgan fingerprint density at radius 1 is 1.17 bits per heavy atom. The summed E-state index contributed by atoms with van der Waals surface area (Å²) in [6.07, 6.45) is 3.01. The molecule has 2 aromatic carbocycles. The number of hydrogen-bond acceptors (Lipinski definition) is 3. The Bertz CT molecular complexity index is 961. The van der Waals surface area contributed by atoms with Gasteiger partial charge in [0, 0.05) is 30.0 Å². The predicted molar refractivity (Wildman–Crippen MR) is 117 cm³/mol. The van der Waals surface area contributed by atoms with E-state index in [2.05, 4.69) is 24.0 Å². The molecule has 1 N–H and O–H groups in total. The number of hydrogen-bond donors (Lipinski definition) is 1. The Hall–Kier alpha value is -2.77. The largest absolute Gasteiger partial charge is 0.453 e. The van der Waals surface area contributed by atoms with Gasteiger partial charge >= 0.3 is 6.09 Å². The molecular weight excluding hydrogens is 374 g/mol. The van der Waals surface area contributed by atoms with E-state index < -0.39 is 5.60 Å². The van der Waals surface area contributed by atoms with Crippen LogP contribution in [0.4, 0.5) is 4.79 Å². The quantitative estimate of drug-likeness (QED) is 0.713.